The van der Waals surface area contributed by atoms with Crippen LogP contribution < -0.4 is 58.9 Å². The lowest BCUT2D eigenvalue weighted by Crippen LogP contribution is -2.62. The fraction of sp³-hybridized carbons (Fsp3) is 0.820. The van der Waals surface area contributed by atoms with Crippen molar-refractivity contribution in [2.75, 3.05) is 39.3 Å². The molecule has 0 aliphatic heterocycles. The highest BCUT2D eigenvalue weighted by Crippen LogP contribution is 2.13. The maximum Gasteiger partial charge on any atom is 0.245 e. The minimum absolute atomic E-state index is 0.00637. The lowest BCUT2D eigenvalue weighted by molar-refractivity contribution is -0.137. The molecule has 0 fully saturated rings. The molecule has 0 saturated carbocycles. The zero-order chi connectivity index (χ0) is 54.5. The first-order valence-electron chi connectivity index (χ1n) is 25.8. The predicted octanol–water partition coefficient (Wildman–Crippen LogP) is 1.05. The van der Waals surface area contributed by atoms with E-state index >= 15 is 0 Å². The summed E-state index contributed by atoms with van der Waals surface area (Å²) in [5.41, 5.74) is 1.67. The molecule has 0 aromatic rings. The van der Waals surface area contributed by atoms with Gasteiger partial charge in [-0.1, -0.05) is 87.0 Å². The van der Waals surface area contributed by atoms with Crippen molar-refractivity contribution in [2.45, 2.75) is 208 Å². The quantitative estimate of drug-likeness (QED) is 0.0389. The first-order chi connectivity index (χ1) is 33.1. The number of nitrogens with two attached hydrogens (primary N) is 1. The molecule has 0 aromatic carbocycles. The van der Waals surface area contributed by atoms with Crippen LogP contribution in [0, 0.1) is 17.8 Å². The number of hydrogen-bond donors (Lipinski definition) is 12. The van der Waals surface area contributed by atoms with Gasteiger partial charge in [-0.05, 0) is 111 Å². The van der Waals surface area contributed by atoms with Crippen molar-refractivity contribution in [1.82, 2.24) is 53.2 Å². The monoisotopic (exact) mass is 1010 g/mol. The molecular weight excluding hydrogens is 915 g/mol. The number of aliphatic hydroxyl groups is 1. The number of hydrogen-bond acceptors (Lipinski definition) is 12. The fourth-order valence-corrected chi connectivity index (χ4v) is 7.25. The first kappa shape index (κ1) is 66.1. The zero-order valence-corrected chi connectivity index (χ0v) is 45.5. The maximum absolute atomic E-state index is 13.8. The second kappa shape index (κ2) is 33.7. The predicted molar refractivity (Wildman–Crippen MR) is 275 cm³/mol. The van der Waals surface area contributed by atoms with E-state index < -0.39 is 101 Å². The summed E-state index contributed by atoms with van der Waals surface area (Å²) in [4.78, 5) is 119. The zero-order valence-electron chi connectivity index (χ0n) is 45.5. The number of nitrogens with one attached hydrogen (secondary N) is 10. The second-order valence-electron chi connectivity index (χ2n) is 21.2. The Morgan fingerprint density at radius 3 is 1.42 bits per heavy atom. The molecule has 0 radical (unpaired) electrons. The molecule has 0 aromatic heterocycles. The van der Waals surface area contributed by atoms with E-state index in [0.29, 0.717) is 25.9 Å². The maximum atomic E-state index is 13.8. The molecule has 21 heteroatoms. The number of aliphatic hydroxyl groups excluding tert-OH is 1. The summed E-state index contributed by atoms with van der Waals surface area (Å²) >= 11 is 0. The Balaban J connectivity index is 5.68. The van der Waals surface area contributed by atoms with Gasteiger partial charge >= 0.3 is 0 Å². The summed E-state index contributed by atoms with van der Waals surface area (Å²) in [6.07, 6.45) is 8.91. The minimum Gasteiger partial charge on any atom is -0.394 e. The van der Waals surface area contributed by atoms with Crippen LogP contribution in [0.1, 0.15) is 167 Å². The summed E-state index contributed by atoms with van der Waals surface area (Å²) in [5.74, 6) is -5.74. The lowest BCUT2D eigenvalue weighted by atomic mass is 9.98. The van der Waals surface area contributed by atoms with E-state index in [4.69, 9.17) is 5.73 Å². The Labute approximate surface area is 424 Å². The fourth-order valence-electron chi connectivity index (χ4n) is 7.25. The molecule has 9 amide bonds. The molecule has 0 heterocycles. The smallest absolute Gasteiger partial charge is 0.245 e. The van der Waals surface area contributed by atoms with Crippen molar-refractivity contribution in [3.8, 4) is 0 Å². The third-order valence-corrected chi connectivity index (χ3v) is 12.1. The highest BCUT2D eigenvalue weighted by Gasteiger charge is 2.37. The third-order valence-electron chi connectivity index (χ3n) is 12.1. The van der Waals surface area contributed by atoms with Crippen molar-refractivity contribution in [2.24, 2.45) is 23.5 Å². The van der Waals surface area contributed by atoms with Crippen molar-refractivity contribution in [1.29, 1.82) is 0 Å². The van der Waals surface area contributed by atoms with Crippen LogP contribution in [0.2, 0.25) is 0 Å². The summed E-state index contributed by atoms with van der Waals surface area (Å²) in [7, 11) is 0. The number of unbranched alkanes of at least 4 members (excludes halogenated alkanes) is 6. The Kier molecular flexibility index (Phi) is 31.4. The van der Waals surface area contributed by atoms with E-state index in [9.17, 15) is 48.3 Å². The van der Waals surface area contributed by atoms with Gasteiger partial charge in [-0.3, -0.25) is 43.2 Å². The highest BCUT2D eigenvalue weighted by molar-refractivity contribution is 5.98. The summed E-state index contributed by atoms with van der Waals surface area (Å²) < 4.78 is 0. The van der Waals surface area contributed by atoms with E-state index in [1.54, 1.807) is 13.8 Å². The molecule has 0 saturated heterocycles. The van der Waals surface area contributed by atoms with E-state index in [-0.39, 0.29) is 56.1 Å². The van der Waals surface area contributed by atoms with Gasteiger partial charge in [0.15, 0.2) is 0 Å². The summed E-state index contributed by atoms with van der Waals surface area (Å²) in [6, 6.07) is -3.81. The van der Waals surface area contributed by atoms with Gasteiger partial charge in [0.25, 0.3) is 0 Å². The Hall–Kier alpha value is -4.89. The largest absolute Gasteiger partial charge is 0.394 e. The Bertz CT molecular complexity index is 1710. The molecule has 1 unspecified atom stereocenters. The third kappa shape index (κ3) is 27.5. The van der Waals surface area contributed by atoms with Gasteiger partial charge in [-0.25, -0.2) is 0 Å². The van der Waals surface area contributed by atoms with Crippen LogP contribution in [0.25, 0.3) is 0 Å². The van der Waals surface area contributed by atoms with E-state index in [1.807, 2.05) is 41.5 Å². The lowest BCUT2D eigenvalue weighted by Gasteiger charge is -2.30. The van der Waals surface area contributed by atoms with Crippen LogP contribution in [0.3, 0.4) is 0 Å². The summed E-state index contributed by atoms with van der Waals surface area (Å²) in [5, 5.41) is 36.5. The highest BCUT2D eigenvalue weighted by atomic mass is 16.3. The number of rotatable bonds is 37. The standard InChI is InChI=1S/C50H95N11O10/c1-14-16-17-18-19-22-25-55-48(8,9)45(69)53-29-40(64)57-37(27-33(5)6)44(68)61-50(12,13)47(71)59-35(23-20-21-24-51)42(66)52-28-39(63)56-36(26-32(3)4)43(67)60-49(10,11)46(70)54-30-41(65)58-38(31-62)34(7)15-2/h32-38,55,62H,14-31,51H2,1-13H3,(H,52,66)(H,53,69)(H,54,70)(H,56,63)(H,57,64)(H,58,65)(H,59,71)(H,60,67)(H,61,68)/t34?,35-,36-,37-,38+/m0/s1. The van der Waals surface area contributed by atoms with Crippen LogP contribution in [-0.2, 0) is 43.2 Å². The first-order valence-corrected chi connectivity index (χ1v) is 25.8. The molecule has 0 bridgehead atoms. The van der Waals surface area contributed by atoms with Crippen LogP contribution in [-0.4, -0.2) is 138 Å². The van der Waals surface area contributed by atoms with Gasteiger partial charge in [0.1, 0.15) is 29.2 Å². The van der Waals surface area contributed by atoms with E-state index in [0.717, 1.165) is 25.7 Å². The number of amides is 9. The topological polar surface area (TPSA) is 320 Å². The molecule has 21 nitrogen and oxygen atoms in total. The number of carbonyl (C=O) groups is 9. The van der Waals surface area contributed by atoms with Gasteiger partial charge in [-0.15, -0.1) is 0 Å². The van der Waals surface area contributed by atoms with Gasteiger partial charge < -0.3 is 64.0 Å². The van der Waals surface area contributed by atoms with Crippen molar-refractivity contribution >= 4 is 53.2 Å². The van der Waals surface area contributed by atoms with Crippen molar-refractivity contribution < 1.29 is 48.3 Å². The van der Waals surface area contributed by atoms with Crippen LogP contribution in [0.4, 0.5) is 0 Å². The van der Waals surface area contributed by atoms with Crippen molar-refractivity contribution in [3.05, 3.63) is 0 Å². The van der Waals surface area contributed by atoms with Gasteiger partial charge in [0.2, 0.25) is 53.2 Å². The number of carbonyl (C=O) groups excluding carboxylic acids is 9. The van der Waals surface area contributed by atoms with Crippen LogP contribution in [0.15, 0.2) is 0 Å². The molecule has 0 aliphatic rings. The molecule has 5 atom stereocenters. The summed E-state index contributed by atoms with van der Waals surface area (Å²) in [6.45, 7) is 22.0. The van der Waals surface area contributed by atoms with E-state index in [2.05, 4.69) is 60.1 Å². The molecule has 13 N–H and O–H groups in total. The van der Waals surface area contributed by atoms with Crippen LogP contribution in [0.5, 0.6) is 0 Å². The molecule has 410 valence electrons. The SMILES string of the molecule is CCCCCCCCNC(C)(C)C(=O)NCC(=O)N[C@@H](CC(C)C)C(=O)NC(C)(C)C(=O)N[C@@H](CCCCN)C(=O)NCC(=O)N[C@@H](CC(C)C)C(=O)NC(C)(C)C(=O)NCC(=O)N[C@H](CO)C(C)CC. The average Bonchev–Trinajstić information content (AvgIpc) is 3.28. The van der Waals surface area contributed by atoms with Crippen LogP contribution >= 0.6 is 0 Å². The molecular formula is C50H95N11O10. The molecule has 0 rings (SSSR count). The van der Waals surface area contributed by atoms with Gasteiger partial charge in [-0.2, -0.15) is 0 Å². The van der Waals surface area contributed by atoms with Crippen molar-refractivity contribution in [3.63, 3.8) is 0 Å². The molecule has 0 spiro atoms. The molecule has 0 aliphatic carbocycles. The van der Waals surface area contributed by atoms with Gasteiger partial charge in [0, 0.05) is 0 Å². The second-order valence-corrected chi connectivity index (χ2v) is 21.2. The molecule has 71 heavy (non-hydrogen) atoms. The Morgan fingerprint density at radius 2 is 0.958 bits per heavy atom. The van der Waals surface area contributed by atoms with Gasteiger partial charge in [0.05, 0.1) is 37.8 Å². The average molecular weight is 1010 g/mol. The Morgan fingerprint density at radius 1 is 0.507 bits per heavy atom. The normalized spacial score (nSPS) is 14.0. The minimum atomic E-state index is -1.59. The van der Waals surface area contributed by atoms with E-state index in [1.165, 1.54) is 47.0 Å².